The Morgan fingerprint density at radius 3 is 1.35 bits per heavy atom. The fourth-order valence-electron chi connectivity index (χ4n) is 0.214. The number of aliphatic carboxylic acids is 3. The quantitative estimate of drug-likeness (QED) is 0.509. The molecule has 6 nitrogen and oxygen atoms in total. The average Bonchev–Trinajstić information content (AvgIpc) is 2.19. The number of carboxylic acid groups (broad SMARTS) is 3. The second kappa shape index (κ2) is 20.0. The summed E-state index contributed by atoms with van der Waals surface area (Å²) in [6.07, 6.45) is 2.47. The zero-order chi connectivity index (χ0) is 13.6. The Morgan fingerprint density at radius 2 is 1.35 bits per heavy atom. The number of hydrogen-bond acceptors (Lipinski definition) is 5. The standard InChI is InChI=1S/C4H8O2.2C3H4O2.Zn/c1-2-3-4(5)6;2*1-2-3(4)5;/h2-3H2,1H3,(H,5,6);2*2H,1H2,(H,4,5);/q;;;+2/p-2. The Labute approximate surface area is 112 Å². The van der Waals surface area contributed by atoms with Crippen LogP contribution in [0, 0.1) is 0 Å². The van der Waals surface area contributed by atoms with Gasteiger partial charge in [0.25, 0.3) is 0 Å². The second-order valence-electron chi connectivity index (χ2n) is 2.19. The summed E-state index contributed by atoms with van der Waals surface area (Å²) < 4.78 is 0. The fourth-order valence-corrected chi connectivity index (χ4v) is 0.214. The Balaban J connectivity index is -0.0000000729. The number of carboxylic acids is 3. The van der Waals surface area contributed by atoms with E-state index >= 15 is 0 Å². The molecular formula is C10H14O6Zn. The predicted octanol–water partition coefficient (Wildman–Crippen LogP) is -1.29. The number of rotatable bonds is 4. The van der Waals surface area contributed by atoms with Crippen LogP contribution < -0.4 is 10.2 Å². The van der Waals surface area contributed by atoms with Crippen molar-refractivity contribution in [2.24, 2.45) is 0 Å². The van der Waals surface area contributed by atoms with Crippen LogP contribution in [0.5, 0.6) is 0 Å². The van der Waals surface area contributed by atoms with Gasteiger partial charge >= 0.3 is 25.4 Å². The van der Waals surface area contributed by atoms with Crippen molar-refractivity contribution in [2.75, 3.05) is 0 Å². The van der Waals surface area contributed by atoms with Gasteiger partial charge in [0.05, 0.1) is 11.9 Å². The molecule has 92 valence electrons. The minimum absolute atomic E-state index is 0. The van der Waals surface area contributed by atoms with Crippen molar-refractivity contribution >= 4 is 17.9 Å². The van der Waals surface area contributed by atoms with E-state index < -0.39 is 17.9 Å². The molecule has 0 atom stereocenters. The molecule has 0 saturated heterocycles. The van der Waals surface area contributed by atoms with E-state index in [4.69, 9.17) is 24.9 Å². The van der Waals surface area contributed by atoms with E-state index in [0.717, 1.165) is 18.6 Å². The summed E-state index contributed by atoms with van der Waals surface area (Å²) in [6.45, 7) is 7.64. The third kappa shape index (κ3) is 74.8. The molecule has 0 fully saturated rings. The molecule has 0 aromatic rings. The number of carbonyl (C=O) groups is 3. The molecular weight excluding hydrogens is 281 g/mol. The van der Waals surface area contributed by atoms with E-state index in [-0.39, 0.29) is 19.5 Å². The van der Waals surface area contributed by atoms with Crippen molar-refractivity contribution < 1.29 is 49.2 Å². The Kier molecular flexibility index (Phi) is 29.0. The summed E-state index contributed by atoms with van der Waals surface area (Å²) in [5, 5.41) is 26.2. The largest absolute Gasteiger partial charge is 2.00 e. The maximum absolute atomic E-state index is 9.60. The molecule has 17 heavy (non-hydrogen) atoms. The van der Waals surface area contributed by atoms with Gasteiger partial charge in [-0.1, -0.05) is 20.1 Å². The maximum atomic E-state index is 9.60. The summed E-state index contributed by atoms with van der Waals surface area (Å²) in [6, 6.07) is 0. The van der Waals surface area contributed by atoms with Crippen LogP contribution in [0.4, 0.5) is 0 Å². The first kappa shape index (κ1) is 24.7. The molecule has 0 aliphatic rings. The van der Waals surface area contributed by atoms with E-state index in [1.54, 1.807) is 0 Å². The summed E-state index contributed by atoms with van der Waals surface area (Å²) >= 11 is 0. The predicted molar refractivity (Wildman–Crippen MR) is 53.0 cm³/mol. The minimum atomic E-state index is -1.23. The van der Waals surface area contributed by atoms with Crippen LogP contribution in [0.25, 0.3) is 0 Å². The van der Waals surface area contributed by atoms with Crippen LogP contribution in [0.3, 0.4) is 0 Å². The monoisotopic (exact) mass is 294 g/mol. The van der Waals surface area contributed by atoms with Crippen LogP contribution >= 0.6 is 0 Å². The van der Waals surface area contributed by atoms with Crippen molar-refractivity contribution in [3.8, 4) is 0 Å². The second-order valence-corrected chi connectivity index (χ2v) is 2.19. The average molecular weight is 296 g/mol. The molecule has 0 heterocycles. The summed E-state index contributed by atoms with van der Waals surface area (Å²) in [4.78, 5) is 27.9. The third-order valence-corrected chi connectivity index (χ3v) is 0.797. The topological polar surface area (TPSA) is 118 Å². The van der Waals surface area contributed by atoms with Gasteiger partial charge in [-0.05, 0) is 18.6 Å². The maximum Gasteiger partial charge on any atom is 2.00 e. The molecule has 0 amide bonds. The van der Waals surface area contributed by atoms with Crippen LogP contribution in [-0.4, -0.2) is 23.0 Å². The number of hydrogen-bond donors (Lipinski definition) is 1. The molecule has 0 rings (SSSR count). The first-order valence-corrected chi connectivity index (χ1v) is 4.20. The van der Waals surface area contributed by atoms with Gasteiger partial charge in [0, 0.05) is 6.42 Å². The van der Waals surface area contributed by atoms with Crippen LogP contribution in [-0.2, 0) is 33.9 Å². The molecule has 0 bridgehead atoms. The smallest absolute Gasteiger partial charge is 0.545 e. The van der Waals surface area contributed by atoms with Gasteiger partial charge in [-0.15, -0.1) is 0 Å². The van der Waals surface area contributed by atoms with Gasteiger partial charge in [0.2, 0.25) is 0 Å². The molecule has 7 heteroatoms. The van der Waals surface area contributed by atoms with Gasteiger partial charge in [-0.25, -0.2) is 0 Å². The van der Waals surface area contributed by atoms with Gasteiger partial charge in [-0.2, -0.15) is 0 Å². The molecule has 0 aliphatic carbocycles. The fraction of sp³-hybridized carbons (Fsp3) is 0.300. The zero-order valence-electron chi connectivity index (χ0n) is 9.68. The van der Waals surface area contributed by atoms with Crippen molar-refractivity contribution in [1.29, 1.82) is 0 Å². The Morgan fingerprint density at radius 1 is 1.12 bits per heavy atom. The summed E-state index contributed by atoms with van der Waals surface area (Å²) in [7, 11) is 0. The SMILES string of the molecule is C=CC(=O)[O-].C=CC(=O)[O-].CCCC(=O)O.[Zn+2]. The Hall–Kier alpha value is -1.49. The van der Waals surface area contributed by atoms with Crippen LogP contribution in [0.15, 0.2) is 25.3 Å². The first-order chi connectivity index (χ1) is 7.31. The number of carbonyl (C=O) groups excluding carboxylic acids is 2. The van der Waals surface area contributed by atoms with E-state index in [1.165, 1.54) is 0 Å². The van der Waals surface area contributed by atoms with Gasteiger partial charge < -0.3 is 24.9 Å². The van der Waals surface area contributed by atoms with E-state index in [0.29, 0.717) is 6.42 Å². The van der Waals surface area contributed by atoms with Crippen LogP contribution in [0.2, 0.25) is 0 Å². The van der Waals surface area contributed by atoms with Crippen molar-refractivity contribution in [3.05, 3.63) is 25.3 Å². The minimum Gasteiger partial charge on any atom is -0.545 e. The van der Waals surface area contributed by atoms with Crippen molar-refractivity contribution in [3.63, 3.8) is 0 Å². The van der Waals surface area contributed by atoms with Crippen molar-refractivity contribution in [1.82, 2.24) is 0 Å². The zero-order valence-corrected chi connectivity index (χ0v) is 12.6. The molecule has 0 aromatic carbocycles. The van der Waals surface area contributed by atoms with Gasteiger partial charge in [0.15, 0.2) is 0 Å². The molecule has 0 radical (unpaired) electrons. The third-order valence-electron chi connectivity index (χ3n) is 0.797. The molecule has 0 unspecified atom stereocenters. The summed E-state index contributed by atoms with van der Waals surface area (Å²) in [5.41, 5.74) is 0. The van der Waals surface area contributed by atoms with Gasteiger partial charge in [0.1, 0.15) is 0 Å². The normalized spacial score (nSPS) is 6.65. The van der Waals surface area contributed by atoms with E-state index in [9.17, 15) is 4.79 Å². The molecule has 0 saturated carbocycles. The molecule has 0 aromatic heterocycles. The van der Waals surface area contributed by atoms with Gasteiger partial charge in [-0.3, -0.25) is 4.79 Å². The van der Waals surface area contributed by atoms with Crippen molar-refractivity contribution in [2.45, 2.75) is 19.8 Å². The van der Waals surface area contributed by atoms with E-state index in [1.807, 2.05) is 6.92 Å². The van der Waals surface area contributed by atoms with Crippen LogP contribution in [0.1, 0.15) is 19.8 Å². The molecule has 0 aliphatic heterocycles. The Bertz CT molecular complexity index is 231. The molecule has 1 N–H and O–H groups in total. The summed E-state index contributed by atoms with van der Waals surface area (Å²) in [5.74, 6) is -3.17. The molecule has 0 spiro atoms. The first-order valence-electron chi connectivity index (χ1n) is 4.20. The van der Waals surface area contributed by atoms with E-state index in [2.05, 4.69) is 13.2 Å².